The molecule has 0 saturated carbocycles. The molecule has 0 radical (unpaired) electrons. The molecule has 2 N–H and O–H groups in total. The van der Waals surface area contributed by atoms with Crippen LogP contribution in [-0.4, -0.2) is 30.4 Å². The Labute approximate surface area is 183 Å². The number of rotatable bonds is 6. The minimum Gasteiger partial charge on any atom is -0.426 e. The molecule has 0 unspecified atom stereocenters. The van der Waals surface area contributed by atoms with Gasteiger partial charge >= 0.3 is 24.5 Å². The molecule has 2 aromatic carbocycles. The van der Waals surface area contributed by atoms with E-state index in [1.165, 1.54) is 0 Å². The van der Waals surface area contributed by atoms with Crippen molar-refractivity contribution in [1.29, 1.82) is 0 Å². The minimum atomic E-state index is -5.87. The normalized spacial score (nSPS) is 12.0. The highest BCUT2D eigenvalue weighted by Crippen LogP contribution is 2.43. The predicted octanol–water partition coefficient (Wildman–Crippen LogP) is 6.11. The lowest BCUT2D eigenvalue weighted by atomic mass is 10.2. The van der Waals surface area contributed by atoms with E-state index < -0.39 is 69.1 Å². The Hall–Kier alpha value is -2.80. The Balaban J connectivity index is 2.18. The molecule has 5 nitrogen and oxygen atoms in total. The maximum atomic E-state index is 13.6. The standard InChI is InChI=1S/C17H8Cl2F8N2O3/c18-6-5-11(32-17(26,27)16(24,25)14(22)23)7(19)4-10(6)28-15(31)29-13(30)12-8(20)2-1-3-9(12)21/h1-5,14H,(H2,28,29,30,31). The van der Waals surface area contributed by atoms with E-state index in [0.29, 0.717) is 12.1 Å². The van der Waals surface area contributed by atoms with Gasteiger partial charge in [-0.15, -0.1) is 0 Å². The molecule has 0 aliphatic heterocycles. The Bertz CT molecular complexity index is 1030. The molecule has 15 heteroatoms. The average molecular weight is 511 g/mol. The SMILES string of the molecule is O=C(NC(=O)c1c(F)cccc1F)Nc1cc(Cl)c(OC(F)(F)C(F)(F)C(F)F)cc1Cl. The summed E-state index contributed by atoms with van der Waals surface area (Å²) in [6.07, 6.45) is -10.5. The Morgan fingerprint density at radius 1 is 0.969 bits per heavy atom. The van der Waals surface area contributed by atoms with Gasteiger partial charge in [0.2, 0.25) is 0 Å². The number of ether oxygens (including phenoxy) is 1. The molecule has 32 heavy (non-hydrogen) atoms. The highest BCUT2D eigenvalue weighted by atomic mass is 35.5. The highest BCUT2D eigenvalue weighted by Gasteiger charge is 2.66. The van der Waals surface area contributed by atoms with Crippen LogP contribution in [0, 0.1) is 11.6 Å². The van der Waals surface area contributed by atoms with Crippen LogP contribution in [0.3, 0.4) is 0 Å². The molecule has 2 aromatic rings. The quantitative estimate of drug-likeness (QED) is 0.461. The summed E-state index contributed by atoms with van der Waals surface area (Å²) < 4.78 is 108. The van der Waals surface area contributed by atoms with Crippen molar-refractivity contribution in [3.63, 3.8) is 0 Å². The molecule has 3 amide bonds. The molecular weight excluding hydrogens is 503 g/mol. The van der Waals surface area contributed by atoms with Crippen LogP contribution in [0.5, 0.6) is 5.75 Å². The third-order valence-electron chi connectivity index (χ3n) is 3.59. The number of benzene rings is 2. The second-order valence-electron chi connectivity index (χ2n) is 5.81. The van der Waals surface area contributed by atoms with Crippen molar-refractivity contribution in [3.8, 4) is 5.75 Å². The van der Waals surface area contributed by atoms with E-state index in [1.54, 1.807) is 5.32 Å². The lowest BCUT2D eigenvalue weighted by Gasteiger charge is -2.26. The predicted molar refractivity (Wildman–Crippen MR) is 95.8 cm³/mol. The average Bonchev–Trinajstić information content (AvgIpc) is 2.65. The summed E-state index contributed by atoms with van der Waals surface area (Å²) in [7, 11) is 0. The van der Waals surface area contributed by atoms with E-state index in [0.717, 1.165) is 18.2 Å². The molecule has 0 heterocycles. The van der Waals surface area contributed by atoms with Crippen LogP contribution in [0.25, 0.3) is 0 Å². The topological polar surface area (TPSA) is 67.4 Å². The van der Waals surface area contributed by atoms with E-state index in [9.17, 15) is 44.7 Å². The van der Waals surface area contributed by atoms with Crippen molar-refractivity contribution in [1.82, 2.24) is 5.32 Å². The van der Waals surface area contributed by atoms with Gasteiger partial charge in [-0.1, -0.05) is 29.3 Å². The number of hydrogen-bond donors (Lipinski definition) is 2. The Morgan fingerprint density at radius 2 is 1.53 bits per heavy atom. The van der Waals surface area contributed by atoms with Crippen molar-refractivity contribution < 1.29 is 49.4 Å². The smallest absolute Gasteiger partial charge is 0.426 e. The van der Waals surface area contributed by atoms with Crippen LogP contribution in [0.1, 0.15) is 10.4 Å². The van der Waals surface area contributed by atoms with Gasteiger partial charge in [0.05, 0.1) is 15.7 Å². The summed E-state index contributed by atoms with van der Waals surface area (Å²) >= 11 is 11.3. The first kappa shape index (κ1) is 25.5. The van der Waals surface area contributed by atoms with Gasteiger partial charge in [0.25, 0.3) is 5.91 Å². The number of alkyl halides is 6. The zero-order valence-corrected chi connectivity index (χ0v) is 16.5. The molecule has 0 fully saturated rings. The third-order valence-corrected chi connectivity index (χ3v) is 4.19. The molecule has 174 valence electrons. The van der Waals surface area contributed by atoms with E-state index >= 15 is 0 Å². The number of carbonyl (C=O) groups excluding carboxylic acids is 2. The van der Waals surface area contributed by atoms with Crippen molar-refractivity contribution in [2.24, 2.45) is 0 Å². The van der Waals surface area contributed by atoms with Gasteiger partial charge in [0.1, 0.15) is 22.9 Å². The Morgan fingerprint density at radius 3 is 2.06 bits per heavy atom. The zero-order valence-electron chi connectivity index (χ0n) is 15.0. The molecule has 0 aromatic heterocycles. The molecule has 0 atom stereocenters. The van der Waals surface area contributed by atoms with Crippen molar-refractivity contribution in [3.05, 3.63) is 57.6 Å². The fourth-order valence-corrected chi connectivity index (χ4v) is 2.47. The Kier molecular flexibility index (Phi) is 7.45. The number of urea groups is 1. The van der Waals surface area contributed by atoms with Gasteiger partial charge in [-0.25, -0.2) is 22.4 Å². The molecule has 0 aliphatic rings. The van der Waals surface area contributed by atoms with Crippen molar-refractivity contribution in [2.75, 3.05) is 5.32 Å². The molecule has 0 aliphatic carbocycles. The van der Waals surface area contributed by atoms with Crippen LogP contribution in [0.4, 0.5) is 45.6 Å². The number of halogens is 10. The van der Waals surface area contributed by atoms with Gasteiger partial charge in [0, 0.05) is 6.07 Å². The number of nitrogens with one attached hydrogen (secondary N) is 2. The van der Waals surface area contributed by atoms with E-state index in [4.69, 9.17) is 23.2 Å². The van der Waals surface area contributed by atoms with Crippen molar-refractivity contribution >= 4 is 40.8 Å². The highest BCUT2D eigenvalue weighted by molar-refractivity contribution is 6.36. The number of amides is 3. The summed E-state index contributed by atoms with van der Waals surface area (Å²) in [4.78, 5) is 23.7. The van der Waals surface area contributed by atoms with Gasteiger partial charge in [-0.2, -0.15) is 17.6 Å². The zero-order chi connectivity index (χ0) is 24.4. The number of carbonyl (C=O) groups is 2. The van der Waals surface area contributed by atoms with Crippen LogP contribution in [-0.2, 0) is 0 Å². The summed E-state index contributed by atoms with van der Waals surface area (Å²) in [6, 6.07) is 2.06. The fourth-order valence-electron chi connectivity index (χ4n) is 2.07. The van der Waals surface area contributed by atoms with Gasteiger partial charge in [-0.3, -0.25) is 10.1 Å². The number of imide groups is 1. The number of anilines is 1. The summed E-state index contributed by atoms with van der Waals surface area (Å²) in [5.74, 6) is -11.2. The third kappa shape index (κ3) is 5.33. The second-order valence-corrected chi connectivity index (χ2v) is 6.62. The summed E-state index contributed by atoms with van der Waals surface area (Å²) in [5, 5.41) is 1.90. The van der Waals surface area contributed by atoms with Crippen LogP contribution in [0.15, 0.2) is 30.3 Å². The van der Waals surface area contributed by atoms with Gasteiger partial charge < -0.3 is 10.1 Å². The van der Waals surface area contributed by atoms with Crippen LogP contribution >= 0.6 is 23.2 Å². The summed E-state index contributed by atoms with van der Waals surface area (Å²) in [5.41, 5.74) is -1.58. The first-order valence-corrected chi connectivity index (χ1v) is 8.71. The first-order valence-electron chi connectivity index (χ1n) is 7.95. The molecule has 0 spiro atoms. The lowest BCUT2D eigenvalue weighted by molar-refractivity contribution is -0.342. The summed E-state index contributed by atoms with van der Waals surface area (Å²) in [6.45, 7) is 0. The maximum absolute atomic E-state index is 13.6. The molecule has 0 saturated heterocycles. The molecule has 0 bridgehead atoms. The van der Waals surface area contributed by atoms with Crippen molar-refractivity contribution in [2.45, 2.75) is 18.5 Å². The minimum absolute atomic E-state index is 0.396. The van der Waals surface area contributed by atoms with Crippen LogP contribution in [0.2, 0.25) is 10.0 Å². The number of hydrogen-bond acceptors (Lipinski definition) is 3. The van der Waals surface area contributed by atoms with E-state index in [-0.39, 0.29) is 0 Å². The van der Waals surface area contributed by atoms with Gasteiger partial charge in [0.15, 0.2) is 0 Å². The first-order chi connectivity index (χ1) is 14.7. The van der Waals surface area contributed by atoms with Gasteiger partial charge in [-0.05, 0) is 18.2 Å². The largest absolute Gasteiger partial charge is 0.470 e. The lowest BCUT2D eigenvalue weighted by Crippen LogP contribution is -2.50. The second kappa shape index (κ2) is 9.36. The van der Waals surface area contributed by atoms with E-state index in [2.05, 4.69) is 4.74 Å². The molecular formula is C17H8Cl2F8N2O3. The maximum Gasteiger partial charge on any atom is 0.470 e. The monoisotopic (exact) mass is 510 g/mol. The van der Waals surface area contributed by atoms with E-state index in [1.807, 2.05) is 5.32 Å². The fraction of sp³-hybridized carbons (Fsp3) is 0.176. The van der Waals surface area contributed by atoms with Crippen LogP contribution < -0.4 is 15.4 Å². The molecule has 2 rings (SSSR count).